The largest absolute Gasteiger partial charge is 0.423 e. The number of rotatable bonds is 3. The number of anilines is 1. The molecule has 0 spiro atoms. The van der Waals surface area contributed by atoms with E-state index in [0.29, 0.717) is 17.1 Å². The fourth-order valence-electron chi connectivity index (χ4n) is 2.04. The fourth-order valence-corrected chi connectivity index (χ4v) is 2.04. The standard InChI is InChI=1S/C16H10F3N3O2/c17-16(18,19)12-6-4-10(5-7-12)14(23)21-13-3-1-2-11(8-13)15-22-20-9-24-15/h1-9H,(H,21,23). The molecule has 1 amide bonds. The number of hydrogen-bond acceptors (Lipinski definition) is 4. The van der Waals surface area contributed by atoms with E-state index in [1.807, 2.05) is 0 Å². The van der Waals surface area contributed by atoms with Gasteiger partial charge in [-0.3, -0.25) is 4.79 Å². The Bertz CT molecular complexity index is 844. The summed E-state index contributed by atoms with van der Waals surface area (Å²) in [4.78, 5) is 12.1. The summed E-state index contributed by atoms with van der Waals surface area (Å²) in [6.07, 6.45) is -3.25. The van der Waals surface area contributed by atoms with Gasteiger partial charge in [0.15, 0.2) is 0 Å². The molecule has 0 atom stereocenters. The van der Waals surface area contributed by atoms with Crippen molar-refractivity contribution in [2.45, 2.75) is 6.18 Å². The molecule has 5 nitrogen and oxygen atoms in total. The summed E-state index contributed by atoms with van der Waals surface area (Å²) >= 11 is 0. The highest BCUT2D eigenvalue weighted by Crippen LogP contribution is 2.29. The Morgan fingerprint density at radius 2 is 1.83 bits per heavy atom. The molecule has 0 fully saturated rings. The van der Waals surface area contributed by atoms with E-state index in [1.165, 1.54) is 6.39 Å². The lowest BCUT2D eigenvalue weighted by molar-refractivity contribution is -0.137. The van der Waals surface area contributed by atoms with Gasteiger partial charge in [0.2, 0.25) is 12.3 Å². The van der Waals surface area contributed by atoms with Crippen LogP contribution in [0.25, 0.3) is 11.5 Å². The molecule has 0 unspecified atom stereocenters. The minimum absolute atomic E-state index is 0.117. The summed E-state index contributed by atoms with van der Waals surface area (Å²) in [7, 11) is 0. The molecule has 122 valence electrons. The molecule has 24 heavy (non-hydrogen) atoms. The van der Waals surface area contributed by atoms with Crippen LogP contribution in [0.15, 0.2) is 59.3 Å². The molecule has 8 heteroatoms. The third-order valence-electron chi connectivity index (χ3n) is 3.20. The minimum Gasteiger partial charge on any atom is -0.423 e. The Hall–Kier alpha value is -3.16. The van der Waals surface area contributed by atoms with Crippen molar-refractivity contribution in [3.63, 3.8) is 0 Å². The van der Waals surface area contributed by atoms with Gasteiger partial charge < -0.3 is 9.73 Å². The Morgan fingerprint density at radius 3 is 2.46 bits per heavy atom. The van der Waals surface area contributed by atoms with Gasteiger partial charge in [0.1, 0.15) is 0 Å². The van der Waals surface area contributed by atoms with Crippen LogP contribution in [0.5, 0.6) is 0 Å². The summed E-state index contributed by atoms with van der Waals surface area (Å²) < 4.78 is 42.6. The first kappa shape index (κ1) is 15.7. The zero-order valence-corrected chi connectivity index (χ0v) is 12.0. The van der Waals surface area contributed by atoms with Gasteiger partial charge in [-0.1, -0.05) is 6.07 Å². The van der Waals surface area contributed by atoms with E-state index in [-0.39, 0.29) is 5.56 Å². The first-order chi connectivity index (χ1) is 11.4. The van der Waals surface area contributed by atoms with Crippen molar-refractivity contribution in [2.24, 2.45) is 0 Å². The van der Waals surface area contributed by atoms with Crippen molar-refractivity contribution in [1.82, 2.24) is 10.2 Å². The molecule has 0 aliphatic carbocycles. The number of aromatic nitrogens is 2. The summed E-state index contributed by atoms with van der Waals surface area (Å²) in [5.41, 5.74) is 0.372. The van der Waals surface area contributed by atoms with Crippen LogP contribution in [0.1, 0.15) is 15.9 Å². The minimum atomic E-state index is -4.44. The third-order valence-corrected chi connectivity index (χ3v) is 3.20. The second kappa shape index (κ2) is 6.15. The molecule has 0 saturated heterocycles. The molecule has 1 heterocycles. The average Bonchev–Trinajstić information content (AvgIpc) is 3.09. The number of carbonyl (C=O) groups excluding carboxylic acids is 1. The van der Waals surface area contributed by atoms with Gasteiger partial charge >= 0.3 is 6.18 Å². The average molecular weight is 333 g/mol. The summed E-state index contributed by atoms with van der Waals surface area (Å²) in [5, 5.41) is 9.94. The van der Waals surface area contributed by atoms with Crippen molar-refractivity contribution in [1.29, 1.82) is 0 Å². The number of alkyl halides is 3. The van der Waals surface area contributed by atoms with Crippen LogP contribution in [0.2, 0.25) is 0 Å². The lowest BCUT2D eigenvalue weighted by atomic mass is 10.1. The zero-order chi connectivity index (χ0) is 17.2. The predicted molar refractivity (Wildman–Crippen MR) is 79.1 cm³/mol. The van der Waals surface area contributed by atoms with Gasteiger partial charge in [0.05, 0.1) is 5.56 Å². The molecule has 0 bridgehead atoms. The van der Waals surface area contributed by atoms with Crippen LogP contribution in [0, 0.1) is 0 Å². The molecule has 3 rings (SSSR count). The third kappa shape index (κ3) is 3.43. The van der Waals surface area contributed by atoms with E-state index in [1.54, 1.807) is 24.3 Å². The van der Waals surface area contributed by atoms with E-state index < -0.39 is 17.6 Å². The van der Waals surface area contributed by atoms with Gasteiger partial charge in [-0.15, -0.1) is 10.2 Å². The highest BCUT2D eigenvalue weighted by molar-refractivity contribution is 6.04. The Kier molecular flexibility index (Phi) is 4.03. The number of carbonyl (C=O) groups is 1. The van der Waals surface area contributed by atoms with Crippen LogP contribution in [0.4, 0.5) is 18.9 Å². The van der Waals surface area contributed by atoms with E-state index in [4.69, 9.17) is 4.42 Å². The molecule has 3 aromatic rings. The lowest BCUT2D eigenvalue weighted by Gasteiger charge is -2.09. The SMILES string of the molecule is O=C(Nc1cccc(-c2nnco2)c1)c1ccc(C(F)(F)F)cc1. The van der Waals surface area contributed by atoms with E-state index in [2.05, 4.69) is 15.5 Å². The normalized spacial score (nSPS) is 11.3. The predicted octanol–water partition coefficient (Wildman–Crippen LogP) is 4.01. The van der Waals surface area contributed by atoms with Crippen LogP contribution in [-0.2, 0) is 6.18 Å². The molecule has 0 saturated carbocycles. The number of nitrogens with zero attached hydrogens (tertiary/aromatic N) is 2. The maximum absolute atomic E-state index is 12.5. The Balaban J connectivity index is 1.76. The van der Waals surface area contributed by atoms with E-state index in [0.717, 1.165) is 24.3 Å². The summed E-state index contributed by atoms with van der Waals surface area (Å²) in [6, 6.07) is 10.6. The van der Waals surface area contributed by atoms with Crippen molar-refractivity contribution >= 4 is 11.6 Å². The van der Waals surface area contributed by atoms with Crippen LogP contribution < -0.4 is 5.32 Å². The molecule has 1 N–H and O–H groups in total. The van der Waals surface area contributed by atoms with Gasteiger partial charge in [-0.2, -0.15) is 13.2 Å². The first-order valence-electron chi connectivity index (χ1n) is 6.79. The van der Waals surface area contributed by atoms with Gasteiger partial charge in [0.25, 0.3) is 5.91 Å². The smallest absolute Gasteiger partial charge is 0.416 e. The number of benzene rings is 2. The molecule has 0 aliphatic heterocycles. The zero-order valence-electron chi connectivity index (χ0n) is 12.0. The molecule has 0 radical (unpaired) electrons. The topological polar surface area (TPSA) is 68.0 Å². The Morgan fingerprint density at radius 1 is 1.08 bits per heavy atom. The number of hydrogen-bond donors (Lipinski definition) is 1. The number of nitrogens with one attached hydrogen (secondary N) is 1. The van der Waals surface area contributed by atoms with Gasteiger partial charge in [0, 0.05) is 16.8 Å². The highest BCUT2D eigenvalue weighted by atomic mass is 19.4. The van der Waals surface area contributed by atoms with Gasteiger partial charge in [-0.25, -0.2) is 0 Å². The molecular weight excluding hydrogens is 323 g/mol. The van der Waals surface area contributed by atoms with E-state index in [9.17, 15) is 18.0 Å². The number of halogens is 3. The Labute approximate surface area is 134 Å². The highest BCUT2D eigenvalue weighted by Gasteiger charge is 2.30. The van der Waals surface area contributed by atoms with Crippen molar-refractivity contribution in [2.75, 3.05) is 5.32 Å². The maximum Gasteiger partial charge on any atom is 0.416 e. The number of amides is 1. The monoisotopic (exact) mass is 333 g/mol. The summed E-state index contributed by atoms with van der Waals surface area (Å²) in [5.74, 6) is -0.230. The lowest BCUT2D eigenvalue weighted by Crippen LogP contribution is -2.12. The molecule has 0 aliphatic rings. The molecule has 1 aromatic heterocycles. The summed E-state index contributed by atoms with van der Waals surface area (Å²) in [6.45, 7) is 0. The molecular formula is C16H10F3N3O2. The molecule has 2 aromatic carbocycles. The second-order valence-corrected chi connectivity index (χ2v) is 4.85. The second-order valence-electron chi connectivity index (χ2n) is 4.85. The van der Waals surface area contributed by atoms with Gasteiger partial charge in [-0.05, 0) is 42.5 Å². The maximum atomic E-state index is 12.5. The fraction of sp³-hybridized carbons (Fsp3) is 0.0625. The first-order valence-corrected chi connectivity index (χ1v) is 6.79. The van der Waals surface area contributed by atoms with Crippen LogP contribution in [-0.4, -0.2) is 16.1 Å². The van der Waals surface area contributed by atoms with Crippen molar-refractivity contribution in [3.05, 3.63) is 66.1 Å². The van der Waals surface area contributed by atoms with Crippen LogP contribution in [0.3, 0.4) is 0 Å². The van der Waals surface area contributed by atoms with Crippen LogP contribution >= 0.6 is 0 Å². The van der Waals surface area contributed by atoms with E-state index >= 15 is 0 Å². The van der Waals surface area contributed by atoms with Crippen molar-refractivity contribution < 1.29 is 22.4 Å². The van der Waals surface area contributed by atoms with Crippen molar-refractivity contribution in [3.8, 4) is 11.5 Å². The quantitative estimate of drug-likeness (QED) is 0.786.